The molecule has 2 nitrogen and oxygen atoms in total. The zero-order chi connectivity index (χ0) is 10.9. The third-order valence-corrected chi connectivity index (χ3v) is 2.29. The second-order valence-electron chi connectivity index (χ2n) is 3.56. The van der Waals surface area contributed by atoms with E-state index in [-0.39, 0.29) is 0 Å². The van der Waals surface area contributed by atoms with Crippen molar-refractivity contribution in [3.8, 4) is 12.3 Å². The summed E-state index contributed by atoms with van der Waals surface area (Å²) >= 11 is 0. The molecule has 15 heavy (non-hydrogen) atoms. The largest absolute Gasteiger partial charge is 0.465 e. The molecule has 0 aromatic carbocycles. The molecule has 0 spiro atoms. The molecule has 0 radical (unpaired) electrons. The molecule has 0 amide bonds. The summed E-state index contributed by atoms with van der Waals surface area (Å²) in [7, 11) is 0. The van der Waals surface area contributed by atoms with Crippen LogP contribution < -0.4 is 5.32 Å². The van der Waals surface area contributed by atoms with Crippen LogP contribution in [0.2, 0.25) is 0 Å². The summed E-state index contributed by atoms with van der Waals surface area (Å²) in [5.41, 5.74) is 0. The molecule has 0 aliphatic heterocycles. The van der Waals surface area contributed by atoms with E-state index in [0.29, 0.717) is 0 Å². The van der Waals surface area contributed by atoms with Gasteiger partial charge in [0.2, 0.25) is 0 Å². The van der Waals surface area contributed by atoms with Crippen molar-refractivity contribution < 1.29 is 4.42 Å². The van der Waals surface area contributed by atoms with Crippen LogP contribution in [0.25, 0.3) is 0 Å². The molecule has 1 rings (SSSR count). The molecule has 0 saturated heterocycles. The van der Waals surface area contributed by atoms with Crippen LogP contribution in [0.4, 0.5) is 0 Å². The topological polar surface area (TPSA) is 25.2 Å². The van der Waals surface area contributed by atoms with E-state index in [9.17, 15) is 0 Å². The molecule has 0 atom stereocenters. The van der Waals surface area contributed by atoms with Gasteiger partial charge in [-0.2, -0.15) is 0 Å². The van der Waals surface area contributed by atoms with Crippen LogP contribution in [-0.4, -0.2) is 6.54 Å². The lowest BCUT2D eigenvalue weighted by molar-refractivity contribution is 0.448. The van der Waals surface area contributed by atoms with Gasteiger partial charge in [-0.15, -0.1) is 12.3 Å². The van der Waals surface area contributed by atoms with E-state index < -0.39 is 0 Å². The number of hydrogen-bond donors (Lipinski definition) is 1. The molecule has 0 unspecified atom stereocenters. The molecule has 0 bridgehead atoms. The summed E-state index contributed by atoms with van der Waals surface area (Å²) in [6.07, 6.45) is 9.23. The maximum Gasteiger partial charge on any atom is 0.117 e. The van der Waals surface area contributed by atoms with E-state index in [1.165, 1.54) is 0 Å². The molecular formula is C13H19NO. The number of hydrogen-bond acceptors (Lipinski definition) is 2. The van der Waals surface area contributed by atoms with Crippen molar-refractivity contribution in [1.29, 1.82) is 0 Å². The quantitative estimate of drug-likeness (QED) is 0.547. The van der Waals surface area contributed by atoms with Gasteiger partial charge in [-0.05, 0) is 31.5 Å². The highest BCUT2D eigenvalue weighted by Gasteiger charge is 1.98. The van der Waals surface area contributed by atoms with Gasteiger partial charge >= 0.3 is 0 Å². The average Bonchev–Trinajstić information content (AvgIpc) is 2.71. The first kappa shape index (κ1) is 11.9. The molecule has 82 valence electrons. The Labute approximate surface area is 92.1 Å². The Morgan fingerprint density at radius 2 is 2.13 bits per heavy atom. The third kappa shape index (κ3) is 4.71. The minimum Gasteiger partial charge on any atom is -0.465 e. The van der Waals surface area contributed by atoms with Crippen LogP contribution in [-0.2, 0) is 13.0 Å². The number of nitrogens with one attached hydrogen (secondary N) is 1. The molecular weight excluding hydrogens is 186 g/mol. The van der Waals surface area contributed by atoms with Crippen molar-refractivity contribution in [3.05, 3.63) is 23.7 Å². The summed E-state index contributed by atoms with van der Waals surface area (Å²) in [4.78, 5) is 0. The summed E-state index contributed by atoms with van der Waals surface area (Å²) in [5.74, 6) is 4.71. The smallest absolute Gasteiger partial charge is 0.117 e. The summed E-state index contributed by atoms with van der Waals surface area (Å²) in [5, 5.41) is 3.34. The van der Waals surface area contributed by atoms with Gasteiger partial charge in [-0.25, -0.2) is 0 Å². The molecule has 1 aromatic rings. The first-order chi connectivity index (χ1) is 7.36. The maximum atomic E-state index is 5.57. The molecule has 1 N–H and O–H groups in total. The second-order valence-corrected chi connectivity index (χ2v) is 3.56. The van der Waals surface area contributed by atoms with Crippen LogP contribution in [0.5, 0.6) is 0 Å². The molecule has 1 aromatic heterocycles. The van der Waals surface area contributed by atoms with E-state index >= 15 is 0 Å². The van der Waals surface area contributed by atoms with Crippen LogP contribution in [0.3, 0.4) is 0 Å². The minimum absolute atomic E-state index is 0.816. The van der Waals surface area contributed by atoms with E-state index in [1.54, 1.807) is 0 Å². The molecule has 1 heterocycles. The highest BCUT2D eigenvalue weighted by Crippen LogP contribution is 2.07. The van der Waals surface area contributed by atoms with Gasteiger partial charge in [-0.3, -0.25) is 0 Å². The van der Waals surface area contributed by atoms with Crippen molar-refractivity contribution in [2.45, 2.75) is 39.2 Å². The highest BCUT2D eigenvalue weighted by molar-refractivity contribution is 5.06. The average molecular weight is 205 g/mol. The summed E-state index contributed by atoms with van der Waals surface area (Å²) in [6.45, 7) is 3.91. The molecule has 0 saturated carbocycles. The van der Waals surface area contributed by atoms with Crippen molar-refractivity contribution >= 4 is 0 Å². The first-order valence-corrected chi connectivity index (χ1v) is 5.58. The predicted molar refractivity (Wildman–Crippen MR) is 62.5 cm³/mol. The van der Waals surface area contributed by atoms with E-state index in [1.807, 2.05) is 12.1 Å². The maximum absolute atomic E-state index is 5.57. The molecule has 0 aliphatic rings. The van der Waals surface area contributed by atoms with Gasteiger partial charge in [0.25, 0.3) is 0 Å². The van der Waals surface area contributed by atoms with Crippen LogP contribution in [0.1, 0.15) is 37.7 Å². The monoisotopic (exact) mass is 205 g/mol. The number of aryl methyl sites for hydroxylation is 1. The highest BCUT2D eigenvalue weighted by atomic mass is 16.3. The van der Waals surface area contributed by atoms with Crippen LogP contribution >= 0.6 is 0 Å². The van der Waals surface area contributed by atoms with Crippen LogP contribution in [0, 0.1) is 12.3 Å². The fourth-order valence-corrected chi connectivity index (χ4v) is 1.40. The Morgan fingerprint density at radius 3 is 2.80 bits per heavy atom. The number of terminal acetylenes is 1. The lowest BCUT2D eigenvalue weighted by Crippen LogP contribution is -2.13. The predicted octanol–water partition coefficient (Wildman–Crippen LogP) is 2.74. The van der Waals surface area contributed by atoms with Gasteiger partial charge < -0.3 is 9.73 Å². The van der Waals surface area contributed by atoms with E-state index in [2.05, 4.69) is 18.2 Å². The Bertz CT molecular complexity index is 309. The van der Waals surface area contributed by atoms with Gasteiger partial charge in [0.05, 0.1) is 6.54 Å². The lowest BCUT2D eigenvalue weighted by Gasteiger charge is -2.01. The summed E-state index contributed by atoms with van der Waals surface area (Å²) in [6, 6.07) is 4.07. The Balaban J connectivity index is 2.07. The Hall–Kier alpha value is -1.20. The minimum atomic E-state index is 0.816. The third-order valence-electron chi connectivity index (χ3n) is 2.29. The fraction of sp³-hybridized carbons (Fsp3) is 0.538. The van der Waals surface area contributed by atoms with Crippen LogP contribution in [0.15, 0.2) is 16.5 Å². The fourth-order valence-electron chi connectivity index (χ4n) is 1.40. The molecule has 0 fully saturated rings. The summed E-state index contributed by atoms with van der Waals surface area (Å²) < 4.78 is 5.57. The SMILES string of the molecule is C#CCCCCNCc1ccc(CC)o1. The van der Waals surface area contributed by atoms with Crippen molar-refractivity contribution in [2.75, 3.05) is 6.54 Å². The first-order valence-electron chi connectivity index (χ1n) is 5.58. The molecule has 0 aliphatic carbocycles. The number of rotatable bonds is 7. The normalized spacial score (nSPS) is 10.1. The molecule has 2 heteroatoms. The number of unbranched alkanes of at least 4 members (excludes halogenated alkanes) is 2. The van der Waals surface area contributed by atoms with Gasteiger partial charge in [0.1, 0.15) is 11.5 Å². The van der Waals surface area contributed by atoms with Gasteiger partial charge in [0.15, 0.2) is 0 Å². The second kappa shape index (κ2) is 7.14. The number of furan rings is 1. The zero-order valence-electron chi connectivity index (χ0n) is 9.38. The zero-order valence-corrected chi connectivity index (χ0v) is 9.38. The van der Waals surface area contributed by atoms with Crippen molar-refractivity contribution in [2.24, 2.45) is 0 Å². The van der Waals surface area contributed by atoms with Gasteiger partial charge in [0, 0.05) is 12.8 Å². The van der Waals surface area contributed by atoms with E-state index in [0.717, 1.165) is 50.3 Å². The van der Waals surface area contributed by atoms with Crippen molar-refractivity contribution in [1.82, 2.24) is 5.32 Å². The van der Waals surface area contributed by atoms with Crippen molar-refractivity contribution in [3.63, 3.8) is 0 Å². The van der Waals surface area contributed by atoms with Gasteiger partial charge in [-0.1, -0.05) is 6.92 Å². The standard InChI is InChI=1S/C13H19NO/c1-3-5-6-7-10-14-11-13-9-8-12(4-2)15-13/h1,8-9,14H,4-7,10-11H2,2H3. The van der Waals surface area contributed by atoms with E-state index in [4.69, 9.17) is 10.8 Å². The lowest BCUT2D eigenvalue weighted by atomic mass is 10.2. The Kier molecular flexibility index (Phi) is 5.65. The Morgan fingerprint density at radius 1 is 1.33 bits per heavy atom.